The number of amides is 3. The third kappa shape index (κ3) is 6.61. The smallest absolute Gasteiger partial charge is 0.264 e. The number of hydrogen-bond donors (Lipinski definition) is 4. The minimum absolute atomic E-state index is 0.0391. The zero-order chi connectivity index (χ0) is 37.7. The van der Waals surface area contributed by atoms with E-state index in [1.165, 1.54) is 0 Å². The number of nitrogen functional groups attached to an aromatic ring is 1. The molecule has 0 unspecified atom stereocenters. The Morgan fingerprint density at radius 3 is 2.38 bits per heavy atom. The van der Waals surface area contributed by atoms with E-state index in [0.717, 1.165) is 16.7 Å². The first-order valence-corrected chi connectivity index (χ1v) is 21.0. The van der Waals surface area contributed by atoms with Gasteiger partial charge in [0.25, 0.3) is 11.8 Å². The van der Waals surface area contributed by atoms with E-state index in [2.05, 4.69) is 5.32 Å². The molecule has 3 aliphatic heterocycles. The Bertz CT molecular complexity index is 2030. The zero-order valence-electron chi connectivity index (χ0n) is 30.4. The topological polar surface area (TPSA) is 155 Å². The fourth-order valence-electron chi connectivity index (χ4n) is 8.59. The molecule has 5 N–H and O–H groups in total. The Morgan fingerprint density at radius 2 is 1.72 bits per heavy atom. The number of nitrogens with one attached hydrogen (secondary N) is 1. The van der Waals surface area contributed by atoms with Gasteiger partial charge in [-0.05, 0) is 90.8 Å². The summed E-state index contributed by atoms with van der Waals surface area (Å²) in [5, 5.41) is 13.2. The van der Waals surface area contributed by atoms with E-state index in [1.54, 1.807) is 59.4 Å². The normalized spacial score (nSPS) is 23.5. The van der Waals surface area contributed by atoms with E-state index >= 15 is 0 Å². The van der Waals surface area contributed by atoms with Gasteiger partial charge in [-0.3, -0.25) is 14.4 Å². The summed E-state index contributed by atoms with van der Waals surface area (Å²) in [5.74, 6) is -0.638. The van der Waals surface area contributed by atoms with Gasteiger partial charge >= 0.3 is 0 Å². The van der Waals surface area contributed by atoms with Crippen LogP contribution in [0.3, 0.4) is 0 Å². The molecule has 0 aliphatic carbocycles. The number of fused-ring (bicyclic) bond motifs is 3. The molecule has 5 atom stereocenters. The molecule has 0 aromatic heterocycles. The highest BCUT2D eigenvalue weighted by Gasteiger charge is 2.66. The van der Waals surface area contributed by atoms with Crippen LogP contribution in [0.25, 0.3) is 0 Å². The average Bonchev–Trinajstić information content (AvgIpc) is 3.57. The van der Waals surface area contributed by atoms with Crippen LogP contribution in [0, 0.1) is 5.92 Å². The first kappa shape index (κ1) is 36.3. The number of aliphatic hydroxyl groups is 1. The number of hydrogen-bond acceptors (Lipinski definition) is 8. The minimum atomic E-state index is -3.05. The second-order valence-corrected chi connectivity index (χ2v) is 18.9. The molecule has 12 heteroatoms. The van der Waals surface area contributed by atoms with Crippen LogP contribution >= 0.6 is 0 Å². The fourth-order valence-corrected chi connectivity index (χ4v) is 11.1. The van der Waals surface area contributed by atoms with Crippen molar-refractivity contribution in [1.29, 1.82) is 0 Å². The maximum atomic E-state index is 14.9. The minimum Gasteiger partial charge on any atom is -0.497 e. The number of nitrogens with zero attached hydrogens (tertiary/aromatic N) is 2. The van der Waals surface area contributed by atoms with Gasteiger partial charge in [0, 0.05) is 40.5 Å². The molecule has 3 amide bonds. The van der Waals surface area contributed by atoms with E-state index in [1.807, 2.05) is 68.5 Å². The van der Waals surface area contributed by atoms with Crippen LogP contribution in [-0.2, 0) is 39.4 Å². The molecule has 3 aliphatic rings. The van der Waals surface area contributed by atoms with Gasteiger partial charge in [0.1, 0.15) is 5.75 Å². The maximum absolute atomic E-state index is 14.9. The third-order valence-corrected chi connectivity index (χ3v) is 13.7. The van der Waals surface area contributed by atoms with Crippen molar-refractivity contribution < 1.29 is 33.8 Å². The lowest BCUT2D eigenvalue weighted by Gasteiger charge is -2.37. The lowest BCUT2D eigenvalue weighted by Crippen LogP contribution is -2.48. The number of rotatable bonds is 9. The number of anilines is 3. The molecule has 3 heterocycles. The largest absolute Gasteiger partial charge is 0.497 e. The number of benzene rings is 4. The molecule has 1 fully saturated rings. The van der Waals surface area contributed by atoms with Crippen molar-refractivity contribution in [1.82, 2.24) is 4.90 Å². The molecular formula is C41H46N4O7Si. The quantitative estimate of drug-likeness (QED) is 0.135. The standard InChI is InChI=1S/C41H46N4O7Si/c1-25-38(53(3,4)50)36(21-37(47)44-23-29-8-6-5-7-28(29)19-32(44)24-46)52-41(25)34-20-33(51-2)17-18-35(34)45(40(41)49)22-26-9-15-31(16-10-26)43-39(48)27-11-13-30(42)14-12-27/h5-18,20,25,32,36,38,46,50H,19,21-24,42H2,1-4H3,(H,43,48)/t25-,32+,36+,38-,41+/m1/s1. The van der Waals surface area contributed by atoms with Crippen LogP contribution in [0.4, 0.5) is 17.1 Å². The SMILES string of the molecule is COc1ccc2c(c1)[C@]1(O[C@@H](CC(=O)N3Cc4ccccc4C[C@H]3CO)[C@H]([Si](C)(C)O)[C@H]1C)C(=O)N2Cc1ccc(NC(=O)c2ccc(N)cc2)cc1. The number of carbonyl (C=O) groups is 3. The summed E-state index contributed by atoms with van der Waals surface area (Å²) in [6.07, 6.45) is -0.236. The summed E-state index contributed by atoms with van der Waals surface area (Å²) in [4.78, 5) is 57.1. The molecule has 11 nitrogen and oxygen atoms in total. The lowest BCUT2D eigenvalue weighted by molar-refractivity contribution is -0.151. The summed E-state index contributed by atoms with van der Waals surface area (Å²) in [6.45, 7) is 6.03. The molecule has 4 aromatic carbocycles. The Kier molecular flexibility index (Phi) is 9.66. The monoisotopic (exact) mass is 734 g/mol. The summed E-state index contributed by atoms with van der Waals surface area (Å²) in [5.41, 5.74) is 9.77. The summed E-state index contributed by atoms with van der Waals surface area (Å²) >= 11 is 0. The number of methoxy groups -OCH3 is 1. The molecule has 1 saturated heterocycles. The van der Waals surface area contributed by atoms with E-state index in [-0.39, 0.29) is 43.3 Å². The van der Waals surface area contributed by atoms with Gasteiger partial charge in [0.15, 0.2) is 13.9 Å². The van der Waals surface area contributed by atoms with Gasteiger partial charge in [0.05, 0.1) is 44.5 Å². The Morgan fingerprint density at radius 1 is 1.02 bits per heavy atom. The van der Waals surface area contributed by atoms with Gasteiger partial charge in [-0.1, -0.05) is 43.3 Å². The number of carbonyl (C=O) groups excluding carboxylic acids is 3. The predicted molar refractivity (Wildman–Crippen MR) is 205 cm³/mol. The van der Waals surface area contributed by atoms with Crippen molar-refractivity contribution in [2.45, 2.75) is 69.2 Å². The third-order valence-electron chi connectivity index (χ3n) is 11.2. The van der Waals surface area contributed by atoms with Crippen molar-refractivity contribution in [3.05, 3.63) is 119 Å². The molecule has 7 rings (SSSR count). The van der Waals surface area contributed by atoms with E-state index < -0.39 is 31.5 Å². The Balaban J connectivity index is 1.17. The average molecular weight is 735 g/mol. The molecular weight excluding hydrogens is 689 g/mol. The molecule has 53 heavy (non-hydrogen) atoms. The van der Waals surface area contributed by atoms with Gasteiger partial charge in [0.2, 0.25) is 5.91 Å². The van der Waals surface area contributed by atoms with Crippen molar-refractivity contribution in [2.24, 2.45) is 5.92 Å². The van der Waals surface area contributed by atoms with Gasteiger partial charge in [-0.2, -0.15) is 0 Å². The Hall–Kier alpha value is -5.01. The summed E-state index contributed by atoms with van der Waals surface area (Å²) in [6, 6.07) is 27.0. The first-order chi connectivity index (χ1) is 25.3. The molecule has 1 spiro atoms. The fraction of sp³-hybridized carbons (Fsp3) is 0.341. The van der Waals surface area contributed by atoms with Crippen LogP contribution in [0.5, 0.6) is 5.75 Å². The summed E-state index contributed by atoms with van der Waals surface area (Å²) < 4.78 is 12.6. The van der Waals surface area contributed by atoms with Crippen LogP contribution in [0.1, 0.15) is 46.0 Å². The Labute approximate surface area is 310 Å². The van der Waals surface area contributed by atoms with E-state index in [0.29, 0.717) is 46.9 Å². The molecule has 4 aromatic rings. The second-order valence-electron chi connectivity index (χ2n) is 14.9. The molecule has 0 bridgehead atoms. The number of nitrogens with two attached hydrogens (primary N) is 1. The van der Waals surface area contributed by atoms with Crippen LogP contribution in [0.2, 0.25) is 18.6 Å². The van der Waals surface area contributed by atoms with Gasteiger partial charge in [-0.15, -0.1) is 0 Å². The van der Waals surface area contributed by atoms with Crippen molar-refractivity contribution in [3.8, 4) is 5.75 Å². The second kappa shape index (κ2) is 14.1. The molecule has 0 radical (unpaired) electrons. The van der Waals surface area contributed by atoms with Gasteiger partial charge < -0.3 is 40.2 Å². The molecule has 276 valence electrons. The maximum Gasteiger partial charge on any atom is 0.264 e. The van der Waals surface area contributed by atoms with Crippen LogP contribution < -0.4 is 20.7 Å². The van der Waals surface area contributed by atoms with Crippen LogP contribution in [0.15, 0.2) is 91.0 Å². The lowest BCUT2D eigenvalue weighted by atomic mass is 9.82. The predicted octanol–water partition coefficient (Wildman–Crippen LogP) is 5.21. The van der Waals surface area contributed by atoms with E-state index in [9.17, 15) is 24.3 Å². The van der Waals surface area contributed by atoms with E-state index in [4.69, 9.17) is 15.2 Å². The first-order valence-electron chi connectivity index (χ1n) is 18.0. The number of ether oxygens (including phenoxy) is 2. The highest BCUT2D eigenvalue weighted by Crippen LogP contribution is 2.60. The van der Waals surface area contributed by atoms with Crippen LogP contribution in [-0.4, -0.2) is 66.7 Å². The molecule has 0 saturated carbocycles. The highest BCUT2D eigenvalue weighted by molar-refractivity contribution is 6.71. The van der Waals surface area contributed by atoms with Crippen molar-refractivity contribution in [3.63, 3.8) is 0 Å². The zero-order valence-corrected chi connectivity index (χ0v) is 31.4. The number of aliphatic hydroxyl groups excluding tert-OH is 1. The van der Waals surface area contributed by atoms with Crippen molar-refractivity contribution >= 4 is 43.1 Å². The van der Waals surface area contributed by atoms with Crippen molar-refractivity contribution in [2.75, 3.05) is 29.7 Å². The van der Waals surface area contributed by atoms with Gasteiger partial charge in [-0.25, -0.2) is 0 Å². The highest BCUT2D eigenvalue weighted by atomic mass is 28.4. The summed E-state index contributed by atoms with van der Waals surface area (Å²) in [7, 11) is -1.48.